The molecule has 0 spiro atoms. The first-order valence-electron chi connectivity index (χ1n) is 8.02. The fraction of sp³-hybridized carbons (Fsp3) is 0.182. The Bertz CT molecular complexity index is 773. The van der Waals surface area contributed by atoms with Crippen LogP contribution in [0.3, 0.4) is 0 Å². The minimum Gasteiger partial charge on any atom is -0.508 e. The van der Waals surface area contributed by atoms with Gasteiger partial charge in [-0.2, -0.15) is 0 Å². The number of aromatic hydroxyl groups is 1. The van der Waals surface area contributed by atoms with Crippen LogP contribution in [-0.4, -0.2) is 11.2 Å². The Morgan fingerprint density at radius 3 is 2.58 bits per heavy atom. The molecule has 0 saturated carbocycles. The zero-order chi connectivity index (χ0) is 17.7. The largest absolute Gasteiger partial charge is 0.508 e. The molecule has 0 saturated heterocycles. The molecule has 2 nitrogen and oxygen atoms in total. The normalized spacial score (nSPS) is 18.4. The Labute approximate surface area is 144 Å². The molecule has 1 aliphatic rings. The van der Waals surface area contributed by atoms with Crippen LogP contribution in [0.15, 0.2) is 84.5 Å². The van der Waals surface area contributed by atoms with Crippen molar-refractivity contribution >= 4 is 5.57 Å². The summed E-state index contributed by atoms with van der Waals surface area (Å²) >= 11 is 0. The number of hydrogen-bond donors (Lipinski definition) is 1. The number of rotatable bonds is 5. The van der Waals surface area contributed by atoms with E-state index in [2.05, 4.69) is 32.2 Å². The van der Waals surface area contributed by atoms with E-state index in [4.69, 9.17) is 4.74 Å². The van der Waals surface area contributed by atoms with E-state index in [-0.39, 0.29) is 11.9 Å². The first-order valence-corrected chi connectivity index (χ1v) is 8.02. The van der Waals surface area contributed by atoms with E-state index in [1.807, 2.05) is 32.1 Å². The first kappa shape index (κ1) is 17.6. The van der Waals surface area contributed by atoms with Gasteiger partial charge in [-0.05, 0) is 49.6 Å². The van der Waals surface area contributed by atoms with Crippen molar-refractivity contribution in [2.24, 2.45) is 0 Å². The summed E-state index contributed by atoms with van der Waals surface area (Å²) in [6, 6.07) is 5.23. The van der Waals surface area contributed by atoms with Gasteiger partial charge in [-0.1, -0.05) is 49.6 Å². The van der Waals surface area contributed by atoms with E-state index < -0.39 is 0 Å². The van der Waals surface area contributed by atoms with Crippen molar-refractivity contribution in [3.05, 3.63) is 90.1 Å². The molecule has 0 aromatic heterocycles. The van der Waals surface area contributed by atoms with Crippen molar-refractivity contribution in [1.82, 2.24) is 0 Å². The number of ether oxygens (including phenoxy) is 1. The summed E-state index contributed by atoms with van der Waals surface area (Å²) in [6.07, 6.45) is 11.3. The van der Waals surface area contributed by atoms with Gasteiger partial charge in [-0.3, -0.25) is 0 Å². The van der Waals surface area contributed by atoms with E-state index in [1.54, 1.807) is 24.3 Å². The third-order valence-electron chi connectivity index (χ3n) is 4.10. The Kier molecular flexibility index (Phi) is 5.64. The average Bonchev–Trinajstić information content (AvgIpc) is 2.57. The van der Waals surface area contributed by atoms with E-state index in [0.717, 1.165) is 27.9 Å². The molecule has 1 N–H and O–H groups in total. The first-order chi connectivity index (χ1) is 11.6. The number of phenolic OH excluding ortho intramolecular Hbond substituents is 1. The van der Waals surface area contributed by atoms with Crippen LogP contribution >= 0.6 is 0 Å². The molecule has 1 aromatic rings. The van der Waals surface area contributed by atoms with Crippen LogP contribution in [0.5, 0.6) is 11.5 Å². The summed E-state index contributed by atoms with van der Waals surface area (Å²) in [5.41, 5.74) is 5.25. The van der Waals surface area contributed by atoms with Crippen molar-refractivity contribution in [2.75, 3.05) is 0 Å². The van der Waals surface area contributed by atoms with Crippen molar-refractivity contribution in [3.8, 4) is 11.5 Å². The highest BCUT2D eigenvalue weighted by Crippen LogP contribution is 2.42. The fourth-order valence-corrected chi connectivity index (χ4v) is 2.97. The molecular formula is C22H24O2. The van der Waals surface area contributed by atoms with Gasteiger partial charge in [-0.15, -0.1) is 0 Å². The summed E-state index contributed by atoms with van der Waals surface area (Å²) in [5.74, 6) is 0.866. The lowest BCUT2D eigenvalue weighted by atomic mass is 9.85. The van der Waals surface area contributed by atoms with Gasteiger partial charge in [-0.25, -0.2) is 0 Å². The van der Waals surface area contributed by atoms with Crippen LogP contribution in [0.1, 0.15) is 26.3 Å². The van der Waals surface area contributed by atoms with Gasteiger partial charge in [0.05, 0.1) is 0 Å². The highest BCUT2D eigenvalue weighted by Gasteiger charge is 2.29. The smallest absolute Gasteiger partial charge is 0.150 e. The van der Waals surface area contributed by atoms with Crippen molar-refractivity contribution < 1.29 is 9.84 Å². The van der Waals surface area contributed by atoms with Gasteiger partial charge in [0.2, 0.25) is 0 Å². The third kappa shape index (κ3) is 3.28. The summed E-state index contributed by atoms with van der Waals surface area (Å²) < 4.78 is 6.25. The monoisotopic (exact) mass is 320 g/mol. The zero-order valence-electron chi connectivity index (χ0n) is 14.5. The highest BCUT2D eigenvalue weighted by atomic mass is 16.5. The Hall–Kier alpha value is -2.74. The van der Waals surface area contributed by atoms with Gasteiger partial charge in [0.15, 0.2) is 0 Å². The maximum absolute atomic E-state index is 9.80. The summed E-state index contributed by atoms with van der Waals surface area (Å²) in [5, 5.41) is 9.80. The minimum atomic E-state index is -0.294. The van der Waals surface area contributed by atoms with Gasteiger partial charge in [0.25, 0.3) is 0 Å². The highest BCUT2D eigenvalue weighted by molar-refractivity contribution is 5.80. The van der Waals surface area contributed by atoms with Crippen molar-refractivity contribution in [3.63, 3.8) is 0 Å². The molecule has 0 amide bonds. The number of allylic oxidation sites excluding steroid dienone is 6. The lowest BCUT2D eigenvalue weighted by molar-refractivity contribution is 0.271. The molecular weight excluding hydrogens is 296 g/mol. The Morgan fingerprint density at radius 1 is 1.25 bits per heavy atom. The topological polar surface area (TPSA) is 29.5 Å². The van der Waals surface area contributed by atoms with E-state index in [1.165, 1.54) is 0 Å². The van der Waals surface area contributed by atoms with Gasteiger partial charge < -0.3 is 9.84 Å². The lowest BCUT2D eigenvalue weighted by Crippen LogP contribution is -2.27. The maximum Gasteiger partial charge on any atom is 0.150 e. The van der Waals surface area contributed by atoms with E-state index >= 15 is 0 Å². The number of benzene rings is 1. The predicted molar refractivity (Wildman–Crippen MR) is 102 cm³/mol. The Balaban J connectivity index is 2.75. The molecule has 0 bridgehead atoms. The molecule has 1 unspecified atom stereocenters. The van der Waals surface area contributed by atoms with E-state index in [9.17, 15) is 5.11 Å². The molecule has 2 heteroatoms. The van der Waals surface area contributed by atoms with Gasteiger partial charge >= 0.3 is 0 Å². The average molecular weight is 320 g/mol. The van der Waals surface area contributed by atoms with Crippen LogP contribution in [0, 0.1) is 0 Å². The second-order valence-electron chi connectivity index (χ2n) is 5.57. The maximum atomic E-state index is 9.80. The van der Waals surface area contributed by atoms with Crippen molar-refractivity contribution in [2.45, 2.75) is 26.9 Å². The fourth-order valence-electron chi connectivity index (χ4n) is 2.97. The second kappa shape index (κ2) is 7.69. The summed E-state index contributed by atoms with van der Waals surface area (Å²) in [7, 11) is 0. The van der Waals surface area contributed by atoms with Crippen LogP contribution < -0.4 is 4.74 Å². The summed E-state index contributed by atoms with van der Waals surface area (Å²) in [4.78, 5) is 0. The predicted octanol–water partition coefficient (Wildman–Crippen LogP) is 5.75. The molecule has 0 radical (unpaired) electrons. The molecule has 1 aliphatic heterocycles. The molecule has 2 rings (SSSR count). The van der Waals surface area contributed by atoms with E-state index in [0.29, 0.717) is 5.75 Å². The Morgan fingerprint density at radius 2 is 2.00 bits per heavy atom. The molecule has 1 heterocycles. The molecule has 0 aliphatic carbocycles. The molecule has 1 aromatic carbocycles. The minimum absolute atomic E-state index is 0.191. The SMILES string of the molecule is C=CC=C(C=C)C1Oc2cc(O)ccc2C(C)=C1C(C=CC)=CC. The van der Waals surface area contributed by atoms with Crippen LogP contribution in [0.25, 0.3) is 5.57 Å². The number of fused-ring (bicyclic) bond motifs is 1. The zero-order valence-corrected chi connectivity index (χ0v) is 14.5. The number of hydrogen-bond acceptors (Lipinski definition) is 2. The van der Waals surface area contributed by atoms with Crippen molar-refractivity contribution in [1.29, 1.82) is 0 Å². The lowest BCUT2D eigenvalue weighted by Gasteiger charge is -2.32. The standard InChI is InChI=1S/C22H24O2/c1-6-10-16(8-3)21-15(5)19-13-12-18(23)14-20(19)24-22(21)17(9-4)11-7-2/h6-14,22-23H,2,4H2,1,3,5H3. The molecule has 124 valence electrons. The summed E-state index contributed by atoms with van der Waals surface area (Å²) in [6.45, 7) is 13.8. The quantitative estimate of drug-likeness (QED) is 0.700. The van der Waals surface area contributed by atoms with Gasteiger partial charge in [0.1, 0.15) is 17.6 Å². The molecule has 0 fully saturated rings. The van der Waals surface area contributed by atoms with Crippen LogP contribution in [0.2, 0.25) is 0 Å². The third-order valence-corrected chi connectivity index (χ3v) is 4.10. The molecule has 24 heavy (non-hydrogen) atoms. The van der Waals surface area contributed by atoms with Crippen LogP contribution in [-0.2, 0) is 0 Å². The molecule has 1 atom stereocenters. The van der Waals surface area contributed by atoms with Crippen LogP contribution in [0.4, 0.5) is 0 Å². The van der Waals surface area contributed by atoms with Gasteiger partial charge in [0, 0.05) is 17.2 Å². The number of phenols is 1. The second-order valence-corrected chi connectivity index (χ2v) is 5.57.